The number of nitrogens with one attached hydrogen (secondary N) is 1. The first-order valence-electron chi connectivity index (χ1n) is 10.0. The summed E-state index contributed by atoms with van der Waals surface area (Å²) in [6.07, 6.45) is 3.06. The smallest absolute Gasteiger partial charge is 0.243 e. The van der Waals surface area contributed by atoms with Crippen LogP contribution in [0.2, 0.25) is 5.02 Å². The predicted molar refractivity (Wildman–Crippen MR) is 118 cm³/mol. The number of carbonyl (C=O) groups excluding carboxylic acids is 1. The third-order valence-electron chi connectivity index (χ3n) is 5.61. The Labute approximate surface area is 181 Å². The molecular weight excluding hydrogens is 422 g/mol. The fourth-order valence-electron chi connectivity index (χ4n) is 3.89. The van der Waals surface area contributed by atoms with Crippen LogP contribution in [-0.2, 0) is 21.4 Å². The summed E-state index contributed by atoms with van der Waals surface area (Å²) < 4.78 is 29.1. The molecule has 1 aliphatic heterocycles. The van der Waals surface area contributed by atoms with Crippen LogP contribution >= 0.6 is 11.6 Å². The maximum atomic E-state index is 12.8. The van der Waals surface area contributed by atoms with Gasteiger partial charge in [-0.05, 0) is 54.6 Å². The lowest BCUT2D eigenvalue weighted by Gasteiger charge is -2.30. The number of carbonyl (C=O) groups is 1. The van der Waals surface area contributed by atoms with Gasteiger partial charge in [-0.15, -0.1) is 0 Å². The van der Waals surface area contributed by atoms with Crippen molar-refractivity contribution in [3.05, 3.63) is 65.8 Å². The lowest BCUT2D eigenvalue weighted by Crippen LogP contribution is -2.43. The summed E-state index contributed by atoms with van der Waals surface area (Å²) in [5.41, 5.74) is 1.15. The number of nitrogens with zero attached hydrogens (tertiary/aromatic N) is 2. The van der Waals surface area contributed by atoms with Gasteiger partial charge in [0.1, 0.15) is 0 Å². The van der Waals surface area contributed by atoms with Gasteiger partial charge in [0.25, 0.3) is 0 Å². The zero-order chi connectivity index (χ0) is 21.1. The summed E-state index contributed by atoms with van der Waals surface area (Å²) in [6.45, 7) is 1.92. The SMILES string of the molecule is O=C(NCCn1ccc2ccccc21)C1CCN(S(=O)(=O)c2ccc(Cl)cc2)CC1. The van der Waals surface area contributed by atoms with E-state index in [0.717, 1.165) is 5.52 Å². The molecule has 1 saturated heterocycles. The van der Waals surface area contributed by atoms with Crippen LogP contribution in [0, 0.1) is 5.92 Å². The molecule has 0 unspecified atom stereocenters. The van der Waals surface area contributed by atoms with Crippen molar-refractivity contribution < 1.29 is 13.2 Å². The summed E-state index contributed by atoms with van der Waals surface area (Å²) in [5, 5.41) is 4.68. The molecule has 0 atom stereocenters. The molecule has 0 spiro atoms. The fourth-order valence-corrected chi connectivity index (χ4v) is 5.49. The molecule has 1 amide bonds. The van der Waals surface area contributed by atoms with Gasteiger partial charge >= 0.3 is 0 Å². The molecule has 1 aromatic heterocycles. The van der Waals surface area contributed by atoms with Crippen molar-refractivity contribution in [3.63, 3.8) is 0 Å². The van der Waals surface area contributed by atoms with Gasteiger partial charge in [-0.1, -0.05) is 29.8 Å². The molecule has 158 valence electrons. The van der Waals surface area contributed by atoms with Gasteiger partial charge in [-0.2, -0.15) is 4.31 Å². The van der Waals surface area contributed by atoms with Crippen molar-refractivity contribution in [3.8, 4) is 0 Å². The maximum absolute atomic E-state index is 12.8. The van der Waals surface area contributed by atoms with Gasteiger partial charge in [0, 0.05) is 48.8 Å². The van der Waals surface area contributed by atoms with E-state index in [1.165, 1.54) is 21.8 Å². The number of amides is 1. The standard InChI is InChI=1S/C22H24ClN3O3S/c23-19-5-7-20(8-6-19)30(28,29)26-14-10-18(11-15-26)22(27)24-12-16-25-13-9-17-3-1-2-4-21(17)25/h1-9,13,18H,10-12,14-16H2,(H,24,27). The van der Waals surface area contributed by atoms with Crippen LogP contribution < -0.4 is 5.32 Å². The average molecular weight is 446 g/mol. The summed E-state index contributed by atoms with van der Waals surface area (Å²) >= 11 is 5.85. The van der Waals surface area contributed by atoms with E-state index in [-0.39, 0.29) is 16.7 Å². The number of hydrogen-bond acceptors (Lipinski definition) is 3. The molecule has 1 aliphatic rings. The highest BCUT2D eigenvalue weighted by Gasteiger charge is 2.31. The van der Waals surface area contributed by atoms with E-state index in [0.29, 0.717) is 44.0 Å². The predicted octanol–water partition coefficient (Wildman–Crippen LogP) is 3.51. The topological polar surface area (TPSA) is 71.4 Å². The molecule has 4 rings (SSSR count). The van der Waals surface area contributed by atoms with E-state index < -0.39 is 10.0 Å². The lowest BCUT2D eigenvalue weighted by atomic mass is 9.97. The van der Waals surface area contributed by atoms with Crippen LogP contribution in [0.4, 0.5) is 0 Å². The van der Waals surface area contributed by atoms with E-state index >= 15 is 0 Å². The Balaban J connectivity index is 1.28. The second-order valence-corrected chi connectivity index (χ2v) is 9.87. The molecule has 0 aliphatic carbocycles. The van der Waals surface area contributed by atoms with E-state index in [1.807, 2.05) is 18.3 Å². The molecule has 3 aromatic rings. The third kappa shape index (κ3) is 4.38. The summed E-state index contributed by atoms with van der Waals surface area (Å²) in [6, 6.07) is 16.4. The summed E-state index contributed by atoms with van der Waals surface area (Å²) in [7, 11) is -3.56. The minimum Gasteiger partial charge on any atom is -0.354 e. The van der Waals surface area contributed by atoms with Gasteiger partial charge in [-0.3, -0.25) is 4.79 Å². The minimum absolute atomic E-state index is 0.00463. The minimum atomic E-state index is -3.56. The van der Waals surface area contributed by atoms with Gasteiger partial charge in [0.2, 0.25) is 15.9 Å². The molecule has 6 nitrogen and oxygen atoms in total. The maximum Gasteiger partial charge on any atom is 0.243 e. The summed E-state index contributed by atoms with van der Waals surface area (Å²) in [4.78, 5) is 12.8. The quantitative estimate of drug-likeness (QED) is 0.631. The number of piperidine rings is 1. The summed E-state index contributed by atoms with van der Waals surface area (Å²) in [5.74, 6) is -0.168. The molecule has 2 heterocycles. The van der Waals surface area contributed by atoms with Crippen LogP contribution in [0.25, 0.3) is 10.9 Å². The normalized spacial score (nSPS) is 16.0. The highest BCUT2D eigenvalue weighted by molar-refractivity contribution is 7.89. The van der Waals surface area contributed by atoms with E-state index in [9.17, 15) is 13.2 Å². The first kappa shape index (κ1) is 20.9. The molecule has 0 bridgehead atoms. The monoisotopic (exact) mass is 445 g/mol. The Bertz CT molecular complexity index is 1130. The largest absolute Gasteiger partial charge is 0.354 e. The number of rotatable bonds is 6. The third-order valence-corrected chi connectivity index (χ3v) is 7.77. The van der Waals surface area contributed by atoms with Crippen molar-refractivity contribution in [2.24, 2.45) is 5.92 Å². The van der Waals surface area contributed by atoms with Gasteiger partial charge in [0.05, 0.1) is 4.90 Å². The first-order valence-corrected chi connectivity index (χ1v) is 11.8. The van der Waals surface area contributed by atoms with Crippen LogP contribution in [0.15, 0.2) is 65.7 Å². The number of benzene rings is 2. The van der Waals surface area contributed by atoms with Crippen molar-refractivity contribution >= 4 is 38.4 Å². The first-order chi connectivity index (χ1) is 14.4. The fraction of sp³-hybridized carbons (Fsp3) is 0.318. The molecule has 8 heteroatoms. The van der Waals surface area contributed by atoms with E-state index in [2.05, 4.69) is 28.1 Å². The highest BCUT2D eigenvalue weighted by Crippen LogP contribution is 2.25. The molecule has 0 saturated carbocycles. The highest BCUT2D eigenvalue weighted by atomic mass is 35.5. The molecule has 30 heavy (non-hydrogen) atoms. The van der Waals surface area contributed by atoms with Gasteiger partial charge in [0.15, 0.2) is 0 Å². The lowest BCUT2D eigenvalue weighted by molar-refractivity contribution is -0.126. The van der Waals surface area contributed by atoms with Crippen molar-refractivity contribution in [1.29, 1.82) is 0 Å². The molecular formula is C22H24ClN3O3S. The average Bonchev–Trinajstić information content (AvgIpc) is 3.17. The van der Waals surface area contributed by atoms with Crippen LogP contribution in [0.3, 0.4) is 0 Å². The molecule has 1 fully saturated rings. The number of hydrogen-bond donors (Lipinski definition) is 1. The Hall–Kier alpha value is -2.35. The second kappa shape index (κ2) is 8.79. The second-order valence-electron chi connectivity index (χ2n) is 7.49. The number of aromatic nitrogens is 1. The Kier molecular flexibility index (Phi) is 6.13. The Morgan fingerprint density at radius 1 is 1.03 bits per heavy atom. The zero-order valence-corrected chi connectivity index (χ0v) is 18.1. The van der Waals surface area contributed by atoms with Gasteiger partial charge in [-0.25, -0.2) is 8.42 Å². The van der Waals surface area contributed by atoms with Crippen molar-refractivity contribution in [2.75, 3.05) is 19.6 Å². The molecule has 0 radical (unpaired) electrons. The van der Waals surface area contributed by atoms with Crippen LogP contribution in [0.1, 0.15) is 12.8 Å². The Morgan fingerprint density at radius 3 is 2.47 bits per heavy atom. The van der Waals surface area contributed by atoms with Gasteiger partial charge < -0.3 is 9.88 Å². The number of halogens is 1. The van der Waals surface area contributed by atoms with Crippen molar-refractivity contribution in [1.82, 2.24) is 14.2 Å². The molecule has 2 aromatic carbocycles. The van der Waals surface area contributed by atoms with Crippen LogP contribution in [0.5, 0.6) is 0 Å². The van der Waals surface area contributed by atoms with Crippen LogP contribution in [-0.4, -0.2) is 42.8 Å². The zero-order valence-electron chi connectivity index (χ0n) is 16.5. The molecule has 1 N–H and O–H groups in total. The Morgan fingerprint density at radius 2 is 1.73 bits per heavy atom. The number of para-hydroxylation sites is 1. The van der Waals surface area contributed by atoms with Crippen molar-refractivity contribution in [2.45, 2.75) is 24.3 Å². The number of sulfonamides is 1. The van der Waals surface area contributed by atoms with E-state index in [4.69, 9.17) is 11.6 Å². The number of fused-ring (bicyclic) bond motifs is 1. The van der Waals surface area contributed by atoms with E-state index in [1.54, 1.807) is 12.1 Å².